The van der Waals surface area contributed by atoms with Gasteiger partial charge in [-0.15, -0.1) is 0 Å². The molecule has 2 rings (SSSR count). The van der Waals surface area contributed by atoms with Crippen LogP contribution in [0, 0.1) is 11.3 Å². The number of nitrogens with zero attached hydrogens (tertiary/aromatic N) is 1. The lowest BCUT2D eigenvalue weighted by molar-refractivity contribution is -0.139. The van der Waals surface area contributed by atoms with Gasteiger partial charge in [-0.25, -0.2) is 0 Å². The molecule has 2 fully saturated rings. The van der Waals surface area contributed by atoms with Crippen molar-refractivity contribution < 1.29 is 4.79 Å². The van der Waals surface area contributed by atoms with Crippen molar-refractivity contribution in [3.05, 3.63) is 0 Å². The molecule has 0 aromatic heterocycles. The van der Waals surface area contributed by atoms with E-state index in [0.717, 1.165) is 19.4 Å². The lowest BCUT2D eigenvalue weighted by Crippen LogP contribution is -2.49. The van der Waals surface area contributed by atoms with Gasteiger partial charge in [0.05, 0.1) is 0 Å². The second-order valence-corrected chi connectivity index (χ2v) is 6.48. The smallest absolute Gasteiger partial charge is 0.223 e. The Morgan fingerprint density at radius 2 is 2.11 bits per heavy atom. The van der Waals surface area contributed by atoms with Crippen LogP contribution in [0.2, 0.25) is 0 Å². The first-order chi connectivity index (χ1) is 8.60. The van der Waals surface area contributed by atoms with Crippen molar-refractivity contribution in [3.8, 4) is 0 Å². The van der Waals surface area contributed by atoms with E-state index in [2.05, 4.69) is 18.7 Å². The minimum Gasteiger partial charge on any atom is -0.340 e. The van der Waals surface area contributed by atoms with Gasteiger partial charge in [-0.05, 0) is 50.5 Å². The van der Waals surface area contributed by atoms with Crippen molar-refractivity contribution in [1.82, 2.24) is 4.90 Å². The quantitative estimate of drug-likeness (QED) is 0.835. The van der Waals surface area contributed by atoms with Gasteiger partial charge in [-0.2, -0.15) is 0 Å². The zero-order valence-electron chi connectivity index (χ0n) is 12.0. The fourth-order valence-electron chi connectivity index (χ4n) is 3.42. The van der Waals surface area contributed by atoms with Crippen LogP contribution in [0.5, 0.6) is 0 Å². The van der Waals surface area contributed by atoms with Crippen LogP contribution in [-0.2, 0) is 4.79 Å². The molecule has 1 heterocycles. The summed E-state index contributed by atoms with van der Waals surface area (Å²) < 4.78 is 0. The molecule has 1 saturated heterocycles. The van der Waals surface area contributed by atoms with Crippen molar-refractivity contribution in [2.45, 2.75) is 64.8 Å². The monoisotopic (exact) mass is 252 g/mol. The summed E-state index contributed by atoms with van der Waals surface area (Å²) in [5.74, 6) is 1.06. The summed E-state index contributed by atoms with van der Waals surface area (Å²) in [5.41, 5.74) is 6.01. The molecule has 3 nitrogen and oxygen atoms in total. The van der Waals surface area contributed by atoms with Crippen LogP contribution in [0.15, 0.2) is 0 Å². The number of hydrogen-bond donors (Lipinski definition) is 1. The Morgan fingerprint density at radius 1 is 1.39 bits per heavy atom. The van der Waals surface area contributed by atoms with Gasteiger partial charge in [0.1, 0.15) is 0 Å². The third-order valence-electron chi connectivity index (χ3n) is 5.25. The predicted octanol–water partition coefficient (Wildman–Crippen LogP) is 2.54. The number of rotatable bonds is 4. The molecule has 0 radical (unpaired) electrons. The minimum atomic E-state index is 0.149. The SMILES string of the molecule is CCC1CCC(C)N(C(=O)CC2(CN)CCC2)C1. The molecule has 1 aliphatic heterocycles. The fraction of sp³-hybridized carbons (Fsp3) is 0.933. The lowest BCUT2D eigenvalue weighted by atomic mass is 9.66. The first kappa shape index (κ1) is 13.9. The van der Waals surface area contributed by atoms with Crippen LogP contribution in [-0.4, -0.2) is 29.9 Å². The van der Waals surface area contributed by atoms with E-state index in [1.54, 1.807) is 0 Å². The van der Waals surface area contributed by atoms with E-state index < -0.39 is 0 Å². The van der Waals surface area contributed by atoms with E-state index in [0.29, 0.717) is 30.8 Å². The van der Waals surface area contributed by atoms with E-state index in [1.165, 1.54) is 25.7 Å². The summed E-state index contributed by atoms with van der Waals surface area (Å²) >= 11 is 0. The molecular weight excluding hydrogens is 224 g/mol. The number of hydrogen-bond acceptors (Lipinski definition) is 2. The van der Waals surface area contributed by atoms with Crippen LogP contribution in [0.25, 0.3) is 0 Å². The third kappa shape index (κ3) is 2.71. The Hall–Kier alpha value is -0.570. The number of piperidine rings is 1. The summed E-state index contributed by atoms with van der Waals surface area (Å²) in [6.07, 6.45) is 7.87. The zero-order valence-corrected chi connectivity index (χ0v) is 12.0. The first-order valence-corrected chi connectivity index (χ1v) is 7.60. The zero-order chi connectivity index (χ0) is 13.2. The van der Waals surface area contributed by atoms with Crippen molar-refractivity contribution >= 4 is 5.91 Å². The van der Waals surface area contributed by atoms with Crippen molar-refractivity contribution in [2.75, 3.05) is 13.1 Å². The Bertz CT molecular complexity index is 293. The van der Waals surface area contributed by atoms with Gasteiger partial charge in [0.15, 0.2) is 0 Å². The minimum absolute atomic E-state index is 0.149. The largest absolute Gasteiger partial charge is 0.340 e. The average Bonchev–Trinajstić information content (AvgIpc) is 2.34. The van der Waals surface area contributed by atoms with Gasteiger partial charge < -0.3 is 10.6 Å². The summed E-state index contributed by atoms with van der Waals surface area (Å²) in [5, 5.41) is 0. The van der Waals surface area contributed by atoms with Gasteiger partial charge in [0.2, 0.25) is 5.91 Å². The van der Waals surface area contributed by atoms with Gasteiger partial charge in [0, 0.05) is 19.0 Å². The average molecular weight is 252 g/mol. The van der Waals surface area contributed by atoms with Crippen LogP contribution >= 0.6 is 0 Å². The molecule has 2 aliphatic rings. The number of amides is 1. The molecule has 0 aromatic carbocycles. The Kier molecular flexibility index (Phi) is 4.31. The number of nitrogens with two attached hydrogens (primary N) is 1. The Morgan fingerprint density at radius 3 is 2.61 bits per heavy atom. The molecule has 2 atom stereocenters. The maximum atomic E-state index is 12.5. The molecular formula is C15H28N2O. The van der Waals surface area contributed by atoms with Crippen LogP contribution < -0.4 is 5.73 Å². The van der Waals surface area contributed by atoms with Crippen molar-refractivity contribution in [1.29, 1.82) is 0 Å². The normalized spacial score (nSPS) is 30.9. The maximum absolute atomic E-state index is 12.5. The highest BCUT2D eigenvalue weighted by Gasteiger charge is 2.40. The highest BCUT2D eigenvalue weighted by Crippen LogP contribution is 2.43. The Balaban J connectivity index is 1.94. The third-order valence-corrected chi connectivity index (χ3v) is 5.25. The first-order valence-electron chi connectivity index (χ1n) is 7.60. The molecule has 2 N–H and O–H groups in total. The molecule has 2 unspecified atom stereocenters. The molecule has 1 aliphatic carbocycles. The van der Waals surface area contributed by atoms with Gasteiger partial charge in [0.25, 0.3) is 0 Å². The van der Waals surface area contributed by atoms with Crippen molar-refractivity contribution in [2.24, 2.45) is 17.1 Å². The van der Waals surface area contributed by atoms with E-state index in [-0.39, 0.29) is 5.41 Å². The van der Waals surface area contributed by atoms with Crippen LogP contribution in [0.4, 0.5) is 0 Å². The topological polar surface area (TPSA) is 46.3 Å². The summed E-state index contributed by atoms with van der Waals surface area (Å²) in [4.78, 5) is 14.6. The standard InChI is InChI=1S/C15H28N2O/c1-3-13-6-5-12(2)17(10-13)14(18)9-15(11-16)7-4-8-15/h12-13H,3-11,16H2,1-2H3. The van der Waals surface area contributed by atoms with E-state index in [4.69, 9.17) is 5.73 Å². The summed E-state index contributed by atoms with van der Waals surface area (Å²) in [6, 6.07) is 0.426. The molecule has 0 bridgehead atoms. The van der Waals surface area contributed by atoms with Gasteiger partial charge >= 0.3 is 0 Å². The Labute approximate surface area is 111 Å². The second-order valence-electron chi connectivity index (χ2n) is 6.48. The fourth-order valence-corrected chi connectivity index (χ4v) is 3.42. The lowest BCUT2D eigenvalue weighted by Gasteiger charge is -2.44. The van der Waals surface area contributed by atoms with Gasteiger partial charge in [-0.3, -0.25) is 4.79 Å². The second kappa shape index (κ2) is 5.60. The van der Waals surface area contributed by atoms with E-state index >= 15 is 0 Å². The summed E-state index contributed by atoms with van der Waals surface area (Å²) in [6.45, 7) is 6.08. The number of likely N-dealkylation sites (tertiary alicyclic amines) is 1. The predicted molar refractivity (Wildman–Crippen MR) is 74.1 cm³/mol. The molecule has 18 heavy (non-hydrogen) atoms. The molecule has 1 saturated carbocycles. The molecule has 0 spiro atoms. The molecule has 3 heteroatoms. The molecule has 104 valence electrons. The molecule has 1 amide bonds. The highest BCUT2D eigenvalue weighted by molar-refractivity contribution is 5.77. The van der Waals surface area contributed by atoms with E-state index in [1.807, 2.05) is 0 Å². The highest BCUT2D eigenvalue weighted by atomic mass is 16.2. The molecule has 0 aromatic rings. The number of carbonyl (C=O) groups is 1. The van der Waals surface area contributed by atoms with Crippen LogP contribution in [0.3, 0.4) is 0 Å². The summed E-state index contributed by atoms with van der Waals surface area (Å²) in [7, 11) is 0. The maximum Gasteiger partial charge on any atom is 0.223 e. The number of carbonyl (C=O) groups excluding carboxylic acids is 1. The van der Waals surface area contributed by atoms with Crippen LogP contribution in [0.1, 0.15) is 58.8 Å². The van der Waals surface area contributed by atoms with E-state index in [9.17, 15) is 4.79 Å². The van der Waals surface area contributed by atoms with Crippen molar-refractivity contribution in [3.63, 3.8) is 0 Å². The van der Waals surface area contributed by atoms with Gasteiger partial charge in [-0.1, -0.05) is 19.8 Å².